The molecule has 0 spiro atoms. The van der Waals surface area contributed by atoms with Crippen molar-refractivity contribution < 1.29 is 19.1 Å². The van der Waals surface area contributed by atoms with E-state index in [2.05, 4.69) is 23.5 Å². The Morgan fingerprint density at radius 1 is 1.08 bits per heavy atom. The van der Waals surface area contributed by atoms with Gasteiger partial charge in [-0.2, -0.15) is 4.37 Å². The average molecular weight is 553 g/mol. The number of carbonyl (C=O) groups excluding carboxylic acids is 3. The maximum Gasteiger partial charge on any atom is 0.273 e. The van der Waals surface area contributed by atoms with E-state index in [1.54, 1.807) is 24.3 Å². The molecule has 0 fully saturated rings. The summed E-state index contributed by atoms with van der Waals surface area (Å²) in [6, 6.07) is 13.3. The largest absolute Gasteiger partial charge is 0.492 e. The number of hydrogen-bond donors (Lipinski definition) is 3. The van der Waals surface area contributed by atoms with Gasteiger partial charge in [-0.3, -0.25) is 19.3 Å². The van der Waals surface area contributed by atoms with Crippen molar-refractivity contribution in [3.8, 4) is 5.75 Å². The third kappa shape index (κ3) is 6.85. The molecule has 5 N–H and O–H groups in total. The van der Waals surface area contributed by atoms with Crippen molar-refractivity contribution >= 4 is 46.3 Å². The van der Waals surface area contributed by atoms with E-state index in [-0.39, 0.29) is 22.2 Å². The van der Waals surface area contributed by atoms with Crippen LogP contribution in [0.5, 0.6) is 5.75 Å². The quantitative estimate of drug-likeness (QED) is 0.310. The highest BCUT2D eigenvalue weighted by Crippen LogP contribution is 2.38. The van der Waals surface area contributed by atoms with Gasteiger partial charge < -0.3 is 26.4 Å². The summed E-state index contributed by atoms with van der Waals surface area (Å²) in [5.41, 5.74) is 13.1. The summed E-state index contributed by atoms with van der Waals surface area (Å²) in [6.07, 6.45) is 0.769. The number of nitrogen functional groups attached to an aromatic ring is 1. The van der Waals surface area contributed by atoms with Gasteiger partial charge in [0.05, 0.1) is 18.0 Å². The van der Waals surface area contributed by atoms with Crippen LogP contribution in [0.15, 0.2) is 48.5 Å². The minimum absolute atomic E-state index is 0.00000591. The van der Waals surface area contributed by atoms with E-state index in [9.17, 15) is 14.4 Å². The lowest BCUT2D eigenvalue weighted by Crippen LogP contribution is -2.44. The van der Waals surface area contributed by atoms with Gasteiger partial charge in [0, 0.05) is 26.3 Å². The van der Waals surface area contributed by atoms with E-state index in [0.717, 1.165) is 23.6 Å². The molecule has 0 radical (unpaired) electrons. The molecule has 1 heterocycles. The first-order chi connectivity index (χ1) is 18.6. The Labute approximate surface area is 233 Å². The highest BCUT2D eigenvalue weighted by Gasteiger charge is 2.37. The summed E-state index contributed by atoms with van der Waals surface area (Å²) < 4.78 is 9.86. The van der Waals surface area contributed by atoms with Crippen LogP contribution < -0.4 is 31.3 Å². The van der Waals surface area contributed by atoms with Gasteiger partial charge in [0.2, 0.25) is 5.91 Å². The second-order valence-corrected chi connectivity index (χ2v) is 10.3. The fraction of sp³-hybridized carbons (Fsp3) is 0.357. The van der Waals surface area contributed by atoms with Crippen molar-refractivity contribution in [2.24, 2.45) is 11.7 Å². The molecule has 0 aliphatic carbocycles. The van der Waals surface area contributed by atoms with E-state index in [1.807, 2.05) is 50.2 Å². The molecule has 0 saturated carbocycles. The Kier molecular flexibility index (Phi) is 9.89. The number of hydrogen-bond acceptors (Lipinski definition) is 8. The van der Waals surface area contributed by atoms with Gasteiger partial charge >= 0.3 is 0 Å². The number of nitrogens with zero attached hydrogens (tertiary/aromatic N) is 3. The van der Waals surface area contributed by atoms with E-state index in [0.29, 0.717) is 36.1 Å². The summed E-state index contributed by atoms with van der Waals surface area (Å²) in [7, 11) is 3.84. The van der Waals surface area contributed by atoms with Crippen LogP contribution in [0.4, 0.5) is 17.1 Å². The van der Waals surface area contributed by atoms with Crippen LogP contribution in [0.3, 0.4) is 0 Å². The first-order valence-electron chi connectivity index (χ1n) is 12.7. The second kappa shape index (κ2) is 13.1. The zero-order valence-corrected chi connectivity index (χ0v) is 23.7. The smallest absolute Gasteiger partial charge is 0.273 e. The van der Waals surface area contributed by atoms with Gasteiger partial charge in [-0.05, 0) is 60.6 Å². The number of carbonyl (C=O) groups is 3. The Hall–Kier alpha value is -4.12. The van der Waals surface area contributed by atoms with Crippen LogP contribution in [0.2, 0.25) is 0 Å². The number of benzene rings is 2. The van der Waals surface area contributed by atoms with Crippen molar-refractivity contribution in [3.05, 3.63) is 64.7 Å². The predicted octanol–water partition coefficient (Wildman–Crippen LogP) is 3.84. The van der Waals surface area contributed by atoms with E-state index < -0.39 is 17.9 Å². The number of para-hydroxylation sites is 2. The van der Waals surface area contributed by atoms with Crippen LogP contribution in [0, 0.1) is 5.92 Å². The molecular weight excluding hydrogens is 516 g/mol. The monoisotopic (exact) mass is 552 g/mol. The number of nitrogens with two attached hydrogens (primary N) is 2. The Morgan fingerprint density at radius 3 is 2.31 bits per heavy atom. The SMILES string of the molecule is CCOc1ccccc1N(C(=O)c1snc(C(N)=O)c1N)[C@H](C(=O)NCCC(C)C)c1ccc(N(C)C)cc1. The number of nitrogens with one attached hydrogen (secondary N) is 1. The first-order valence-corrected chi connectivity index (χ1v) is 13.5. The van der Waals surface area contributed by atoms with Crippen LogP contribution >= 0.6 is 11.5 Å². The third-order valence-corrected chi connectivity index (χ3v) is 6.90. The van der Waals surface area contributed by atoms with Crippen molar-refractivity contribution in [2.45, 2.75) is 33.2 Å². The third-order valence-electron chi connectivity index (χ3n) is 6.05. The molecule has 3 rings (SSSR count). The highest BCUT2D eigenvalue weighted by molar-refractivity contribution is 7.09. The number of primary amides is 1. The normalized spacial score (nSPS) is 11.6. The maximum atomic E-state index is 14.3. The fourth-order valence-corrected chi connectivity index (χ4v) is 4.73. The first kappa shape index (κ1) is 29.4. The number of ether oxygens (including phenoxy) is 1. The van der Waals surface area contributed by atoms with E-state index in [1.165, 1.54) is 4.90 Å². The van der Waals surface area contributed by atoms with Gasteiger partial charge in [0.15, 0.2) is 5.69 Å². The van der Waals surface area contributed by atoms with Crippen molar-refractivity contribution in [1.29, 1.82) is 0 Å². The summed E-state index contributed by atoms with van der Waals surface area (Å²) in [4.78, 5) is 43.3. The van der Waals surface area contributed by atoms with Gasteiger partial charge in [0.25, 0.3) is 11.8 Å². The molecule has 10 nitrogen and oxygen atoms in total. The van der Waals surface area contributed by atoms with Crippen LogP contribution in [0.25, 0.3) is 0 Å². The fourth-order valence-electron chi connectivity index (χ4n) is 3.99. The number of rotatable bonds is 12. The van der Waals surface area contributed by atoms with Crippen molar-refractivity contribution in [3.63, 3.8) is 0 Å². The zero-order valence-electron chi connectivity index (χ0n) is 22.9. The molecule has 0 bridgehead atoms. The van der Waals surface area contributed by atoms with Crippen molar-refractivity contribution in [2.75, 3.05) is 42.8 Å². The predicted molar refractivity (Wildman–Crippen MR) is 155 cm³/mol. The standard InChI is InChI=1S/C28H36N6O4S/c1-6-38-21-10-8-7-9-20(21)34(28(37)25-22(29)23(26(30)35)32-39-25)24(27(36)31-16-15-17(2)3)18-11-13-19(14-12-18)33(4)5/h7-14,17,24H,6,15-16,29H2,1-5H3,(H2,30,35)(H,31,36)/t24-/m0/s1. The summed E-state index contributed by atoms with van der Waals surface area (Å²) >= 11 is 0.761. The Balaban J connectivity index is 2.23. The number of anilines is 3. The van der Waals surface area contributed by atoms with E-state index in [4.69, 9.17) is 16.2 Å². The lowest BCUT2D eigenvalue weighted by molar-refractivity contribution is -0.122. The molecule has 3 aromatic rings. The average Bonchev–Trinajstić information content (AvgIpc) is 3.29. The minimum atomic E-state index is -1.08. The zero-order chi connectivity index (χ0) is 28.7. The molecule has 208 valence electrons. The number of aromatic nitrogens is 1. The summed E-state index contributed by atoms with van der Waals surface area (Å²) in [6.45, 7) is 6.75. The molecule has 2 aromatic carbocycles. The minimum Gasteiger partial charge on any atom is -0.492 e. The Morgan fingerprint density at radius 2 is 1.74 bits per heavy atom. The topological polar surface area (TPSA) is 144 Å². The van der Waals surface area contributed by atoms with E-state index >= 15 is 0 Å². The van der Waals surface area contributed by atoms with Crippen molar-refractivity contribution in [1.82, 2.24) is 9.69 Å². The summed E-state index contributed by atoms with van der Waals surface area (Å²) in [5, 5.41) is 2.99. The highest BCUT2D eigenvalue weighted by atomic mass is 32.1. The molecule has 1 atom stereocenters. The molecule has 39 heavy (non-hydrogen) atoms. The summed E-state index contributed by atoms with van der Waals surface area (Å²) in [5.74, 6) is -1.03. The van der Waals surface area contributed by atoms with Crippen LogP contribution in [0.1, 0.15) is 59.0 Å². The maximum absolute atomic E-state index is 14.3. The molecule has 0 aliphatic rings. The molecule has 1 aromatic heterocycles. The molecule has 0 aliphatic heterocycles. The molecule has 0 unspecified atom stereocenters. The lowest BCUT2D eigenvalue weighted by atomic mass is 10.0. The molecule has 11 heteroatoms. The Bertz CT molecular complexity index is 1310. The van der Waals surface area contributed by atoms with Gasteiger partial charge in [-0.15, -0.1) is 0 Å². The lowest BCUT2D eigenvalue weighted by Gasteiger charge is -2.32. The van der Waals surface area contributed by atoms with Crippen LogP contribution in [-0.2, 0) is 4.79 Å². The van der Waals surface area contributed by atoms with Gasteiger partial charge in [-0.1, -0.05) is 38.1 Å². The van der Waals surface area contributed by atoms with Gasteiger partial charge in [-0.25, -0.2) is 0 Å². The van der Waals surface area contributed by atoms with Gasteiger partial charge in [0.1, 0.15) is 16.7 Å². The molecule has 0 saturated heterocycles. The van der Waals surface area contributed by atoms with Crippen LogP contribution in [-0.4, -0.2) is 49.3 Å². The second-order valence-electron chi connectivity index (χ2n) is 9.58. The number of amides is 3. The molecular formula is C28H36N6O4S. The molecule has 3 amide bonds.